The molecule has 6 heteroatoms. The van der Waals surface area contributed by atoms with Crippen LogP contribution < -0.4 is 0 Å². The lowest BCUT2D eigenvalue weighted by Crippen LogP contribution is -2.42. The van der Waals surface area contributed by atoms with Crippen molar-refractivity contribution in [1.29, 1.82) is 0 Å². The Morgan fingerprint density at radius 1 is 1.53 bits per heavy atom. The van der Waals surface area contributed by atoms with E-state index in [9.17, 15) is 14.7 Å². The predicted molar refractivity (Wildman–Crippen MR) is 68.4 cm³/mol. The number of methoxy groups -OCH3 is 1. The van der Waals surface area contributed by atoms with Crippen LogP contribution in [-0.2, 0) is 14.3 Å². The fourth-order valence-electron chi connectivity index (χ4n) is 2.91. The second-order valence-electron chi connectivity index (χ2n) is 5.24. The fraction of sp³-hybridized carbons (Fsp3) is 0.846. The molecule has 0 aliphatic carbocycles. The van der Waals surface area contributed by atoms with Crippen LogP contribution in [0.4, 0.5) is 0 Å². The standard InChI is InChI=1S/C13H22N2O4/c1-19-6-5-14-8-10(7-12(14)17)13(18)15-4-2-3-11(15)9-16/h10-11,16H,2-9H2,1H3/t10?,11-/m1/s1. The van der Waals surface area contributed by atoms with E-state index >= 15 is 0 Å². The Balaban J connectivity index is 1.92. The number of carbonyl (C=O) groups excluding carboxylic acids is 2. The molecule has 2 heterocycles. The molecule has 0 spiro atoms. The van der Waals surface area contributed by atoms with E-state index in [4.69, 9.17) is 4.74 Å². The van der Waals surface area contributed by atoms with Crippen LogP contribution in [0.2, 0.25) is 0 Å². The minimum absolute atomic E-state index is 0.0137. The molecular formula is C13H22N2O4. The SMILES string of the molecule is COCCN1CC(C(=O)N2CCC[C@@H]2CO)CC1=O. The maximum atomic E-state index is 12.4. The maximum Gasteiger partial charge on any atom is 0.228 e. The van der Waals surface area contributed by atoms with Crippen LogP contribution >= 0.6 is 0 Å². The molecule has 19 heavy (non-hydrogen) atoms. The van der Waals surface area contributed by atoms with Crippen molar-refractivity contribution in [2.45, 2.75) is 25.3 Å². The van der Waals surface area contributed by atoms with Crippen molar-refractivity contribution in [2.24, 2.45) is 5.92 Å². The number of likely N-dealkylation sites (tertiary alicyclic amines) is 2. The number of hydrogen-bond donors (Lipinski definition) is 1. The molecule has 2 saturated heterocycles. The number of aliphatic hydroxyl groups excluding tert-OH is 1. The Hall–Kier alpha value is -1.14. The van der Waals surface area contributed by atoms with E-state index in [0.717, 1.165) is 12.8 Å². The zero-order chi connectivity index (χ0) is 13.8. The van der Waals surface area contributed by atoms with Crippen molar-refractivity contribution in [3.63, 3.8) is 0 Å². The molecule has 0 aromatic heterocycles. The molecule has 2 fully saturated rings. The first-order chi connectivity index (χ1) is 9.17. The Morgan fingerprint density at radius 2 is 2.32 bits per heavy atom. The number of hydrogen-bond acceptors (Lipinski definition) is 4. The summed E-state index contributed by atoms with van der Waals surface area (Å²) >= 11 is 0. The van der Waals surface area contributed by atoms with E-state index in [2.05, 4.69) is 0 Å². The monoisotopic (exact) mass is 270 g/mol. The molecule has 1 N–H and O–H groups in total. The number of aliphatic hydroxyl groups is 1. The van der Waals surface area contributed by atoms with E-state index in [1.807, 2.05) is 0 Å². The fourth-order valence-corrected chi connectivity index (χ4v) is 2.91. The van der Waals surface area contributed by atoms with Crippen molar-refractivity contribution in [1.82, 2.24) is 9.80 Å². The van der Waals surface area contributed by atoms with E-state index in [1.165, 1.54) is 0 Å². The molecule has 2 rings (SSSR count). The molecular weight excluding hydrogens is 248 g/mol. The van der Waals surface area contributed by atoms with Gasteiger partial charge in [-0.2, -0.15) is 0 Å². The summed E-state index contributed by atoms with van der Waals surface area (Å²) in [4.78, 5) is 27.6. The van der Waals surface area contributed by atoms with Gasteiger partial charge < -0.3 is 19.6 Å². The Kier molecular flexibility index (Phi) is 4.76. The lowest BCUT2D eigenvalue weighted by molar-refractivity contribution is -0.137. The summed E-state index contributed by atoms with van der Waals surface area (Å²) in [5.41, 5.74) is 0. The number of amides is 2. The maximum absolute atomic E-state index is 12.4. The van der Waals surface area contributed by atoms with Gasteiger partial charge in [-0.3, -0.25) is 9.59 Å². The normalized spacial score (nSPS) is 27.4. The summed E-state index contributed by atoms with van der Waals surface area (Å²) in [6, 6.07) is -0.0596. The molecule has 0 bridgehead atoms. The van der Waals surface area contributed by atoms with Crippen LogP contribution in [0.3, 0.4) is 0 Å². The first kappa shape index (κ1) is 14.3. The van der Waals surface area contributed by atoms with Crippen molar-refractivity contribution in [3.05, 3.63) is 0 Å². The summed E-state index contributed by atoms with van der Waals surface area (Å²) in [5.74, 6) is -0.212. The summed E-state index contributed by atoms with van der Waals surface area (Å²) in [7, 11) is 1.60. The second kappa shape index (κ2) is 6.34. The Morgan fingerprint density at radius 3 is 3.00 bits per heavy atom. The van der Waals surface area contributed by atoms with Crippen LogP contribution in [0.5, 0.6) is 0 Å². The molecule has 0 radical (unpaired) electrons. The molecule has 0 aromatic carbocycles. The van der Waals surface area contributed by atoms with Crippen molar-refractivity contribution >= 4 is 11.8 Å². The van der Waals surface area contributed by atoms with E-state index in [0.29, 0.717) is 26.2 Å². The van der Waals surface area contributed by atoms with E-state index in [-0.39, 0.29) is 36.8 Å². The van der Waals surface area contributed by atoms with Gasteiger partial charge in [-0.25, -0.2) is 0 Å². The molecule has 2 aliphatic heterocycles. The summed E-state index contributed by atoms with van der Waals surface area (Å²) < 4.78 is 4.96. The number of carbonyl (C=O) groups is 2. The van der Waals surface area contributed by atoms with Gasteiger partial charge in [0.25, 0.3) is 0 Å². The van der Waals surface area contributed by atoms with Crippen molar-refractivity contribution in [2.75, 3.05) is 40.0 Å². The second-order valence-corrected chi connectivity index (χ2v) is 5.24. The number of nitrogens with zero attached hydrogens (tertiary/aromatic N) is 2. The van der Waals surface area contributed by atoms with Gasteiger partial charge in [0.2, 0.25) is 11.8 Å². The van der Waals surface area contributed by atoms with Crippen LogP contribution in [0.25, 0.3) is 0 Å². The predicted octanol–water partition coefficient (Wildman–Crippen LogP) is -0.535. The van der Waals surface area contributed by atoms with Gasteiger partial charge in [0.05, 0.1) is 25.2 Å². The van der Waals surface area contributed by atoms with Gasteiger partial charge in [0, 0.05) is 33.2 Å². The first-order valence-corrected chi connectivity index (χ1v) is 6.85. The van der Waals surface area contributed by atoms with Crippen molar-refractivity contribution < 1.29 is 19.4 Å². The lowest BCUT2D eigenvalue weighted by Gasteiger charge is -2.26. The average Bonchev–Trinajstić information content (AvgIpc) is 3.02. The minimum Gasteiger partial charge on any atom is -0.394 e. The molecule has 2 aliphatic rings. The lowest BCUT2D eigenvalue weighted by atomic mass is 10.1. The molecule has 1 unspecified atom stereocenters. The number of rotatable bonds is 5. The van der Waals surface area contributed by atoms with Gasteiger partial charge in [-0.1, -0.05) is 0 Å². The topological polar surface area (TPSA) is 70.1 Å². The molecule has 2 atom stereocenters. The Bertz CT molecular complexity index is 348. The Labute approximate surface area is 113 Å². The third kappa shape index (κ3) is 3.06. The highest BCUT2D eigenvalue weighted by Crippen LogP contribution is 2.25. The minimum atomic E-state index is -0.253. The van der Waals surface area contributed by atoms with Gasteiger partial charge >= 0.3 is 0 Å². The van der Waals surface area contributed by atoms with Crippen LogP contribution in [0, 0.1) is 5.92 Å². The average molecular weight is 270 g/mol. The third-order valence-electron chi connectivity index (χ3n) is 4.00. The van der Waals surface area contributed by atoms with Gasteiger partial charge in [-0.05, 0) is 12.8 Å². The molecule has 6 nitrogen and oxygen atoms in total. The van der Waals surface area contributed by atoms with Gasteiger partial charge in [0.15, 0.2) is 0 Å². The smallest absolute Gasteiger partial charge is 0.228 e. The summed E-state index contributed by atoms with van der Waals surface area (Å²) in [5, 5.41) is 9.26. The highest BCUT2D eigenvalue weighted by Gasteiger charge is 2.39. The highest BCUT2D eigenvalue weighted by molar-refractivity contribution is 5.89. The number of ether oxygens (including phenoxy) is 1. The quantitative estimate of drug-likeness (QED) is 0.729. The largest absolute Gasteiger partial charge is 0.394 e. The first-order valence-electron chi connectivity index (χ1n) is 6.85. The van der Waals surface area contributed by atoms with Crippen molar-refractivity contribution in [3.8, 4) is 0 Å². The summed E-state index contributed by atoms with van der Waals surface area (Å²) in [6.07, 6.45) is 2.08. The highest BCUT2D eigenvalue weighted by atomic mass is 16.5. The molecule has 108 valence electrons. The van der Waals surface area contributed by atoms with Crippen LogP contribution in [0.1, 0.15) is 19.3 Å². The zero-order valence-corrected chi connectivity index (χ0v) is 11.4. The van der Waals surface area contributed by atoms with Gasteiger partial charge in [0.1, 0.15) is 0 Å². The molecule has 0 aromatic rings. The molecule has 2 amide bonds. The van der Waals surface area contributed by atoms with E-state index in [1.54, 1.807) is 16.9 Å². The third-order valence-corrected chi connectivity index (χ3v) is 4.00. The zero-order valence-electron chi connectivity index (χ0n) is 11.4. The van der Waals surface area contributed by atoms with E-state index < -0.39 is 0 Å². The van der Waals surface area contributed by atoms with Crippen LogP contribution in [-0.4, -0.2) is 72.7 Å². The van der Waals surface area contributed by atoms with Gasteiger partial charge in [-0.15, -0.1) is 0 Å². The molecule has 0 saturated carbocycles. The van der Waals surface area contributed by atoms with Crippen LogP contribution in [0.15, 0.2) is 0 Å². The summed E-state index contributed by atoms with van der Waals surface area (Å²) in [6.45, 7) is 2.24.